The van der Waals surface area contributed by atoms with Crippen LogP contribution in [0.3, 0.4) is 0 Å². The molecule has 0 aromatic carbocycles. The number of rotatable bonds is 4. The molecule has 134 valence electrons. The van der Waals surface area contributed by atoms with Crippen LogP contribution in [0.15, 0.2) is 0 Å². The van der Waals surface area contributed by atoms with Gasteiger partial charge in [0.2, 0.25) is 11.8 Å². The van der Waals surface area contributed by atoms with E-state index in [9.17, 15) is 9.59 Å². The van der Waals surface area contributed by atoms with Crippen molar-refractivity contribution in [3.63, 3.8) is 0 Å². The van der Waals surface area contributed by atoms with E-state index in [1.807, 2.05) is 30.5 Å². The van der Waals surface area contributed by atoms with Crippen LogP contribution < -0.4 is 0 Å². The molecule has 1 aliphatic rings. The molecule has 1 aromatic heterocycles. The molecule has 0 saturated carbocycles. The van der Waals surface area contributed by atoms with Gasteiger partial charge in [-0.2, -0.15) is 5.10 Å². The number of carbonyl (C=O) groups excluding carboxylic acids is 2. The molecular formula is C17H29N5O2. The van der Waals surface area contributed by atoms with Crippen molar-refractivity contribution >= 4 is 11.8 Å². The Morgan fingerprint density at radius 2 is 1.83 bits per heavy atom. The van der Waals surface area contributed by atoms with Gasteiger partial charge < -0.3 is 9.80 Å². The van der Waals surface area contributed by atoms with Crippen molar-refractivity contribution < 1.29 is 9.59 Å². The highest BCUT2D eigenvalue weighted by Gasteiger charge is 2.22. The monoisotopic (exact) mass is 335 g/mol. The topological polar surface area (TPSA) is 61.7 Å². The van der Waals surface area contributed by atoms with Gasteiger partial charge in [0, 0.05) is 58.6 Å². The second-order valence-corrected chi connectivity index (χ2v) is 6.75. The Morgan fingerprint density at radius 1 is 1.12 bits per heavy atom. The number of likely N-dealkylation sites (N-methyl/N-ethyl adjacent to an activating group) is 1. The summed E-state index contributed by atoms with van der Waals surface area (Å²) in [5, 5.41) is 4.38. The highest BCUT2D eigenvalue weighted by atomic mass is 16.2. The van der Waals surface area contributed by atoms with Gasteiger partial charge >= 0.3 is 0 Å². The third kappa shape index (κ3) is 4.35. The van der Waals surface area contributed by atoms with E-state index in [0.717, 1.165) is 43.0 Å². The summed E-state index contributed by atoms with van der Waals surface area (Å²) in [7, 11) is 5.45. The normalized spacial score (nSPS) is 16.1. The van der Waals surface area contributed by atoms with Crippen molar-refractivity contribution in [3.8, 4) is 0 Å². The van der Waals surface area contributed by atoms with Gasteiger partial charge in [0.1, 0.15) is 0 Å². The molecule has 0 spiro atoms. The van der Waals surface area contributed by atoms with Crippen molar-refractivity contribution in [2.24, 2.45) is 7.05 Å². The fourth-order valence-corrected chi connectivity index (χ4v) is 3.05. The fourth-order valence-electron chi connectivity index (χ4n) is 3.05. The Labute approximate surface area is 144 Å². The molecule has 0 atom stereocenters. The summed E-state index contributed by atoms with van der Waals surface area (Å²) >= 11 is 0. The third-order valence-corrected chi connectivity index (χ3v) is 4.79. The SMILES string of the molecule is Cc1nn(C)c(C)c1CC(=O)N1CCCN(CC(=O)N(C)C)CC1. The first kappa shape index (κ1) is 18.4. The van der Waals surface area contributed by atoms with Crippen LogP contribution in [0.25, 0.3) is 0 Å². The fraction of sp³-hybridized carbons (Fsp3) is 0.706. The number of carbonyl (C=O) groups is 2. The number of aryl methyl sites for hydroxylation is 2. The minimum atomic E-state index is 0.108. The molecule has 2 heterocycles. The summed E-state index contributed by atoms with van der Waals surface area (Å²) in [4.78, 5) is 30.2. The zero-order chi connectivity index (χ0) is 17.9. The predicted octanol–water partition coefficient (Wildman–Crippen LogP) is 0.202. The lowest BCUT2D eigenvalue weighted by Gasteiger charge is -2.23. The summed E-state index contributed by atoms with van der Waals surface area (Å²) in [5.74, 6) is 0.256. The van der Waals surface area contributed by atoms with Crippen molar-refractivity contribution in [2.45, 2.75) is 26.7 Å². The summed E-state index contributed by atoms with van der Waals surface area (Å²) < 4.78 is 1.83. The molecule has 2 rings (SSSR count). The van der Waals surface area contributed by atoms with E-state index in [1.165, 1.54) is 0 Å². The van der Waals surface area contributed by atoms with E-state index < -0.39 is 0 Å². The molecule has 1 aromatic rings. The van der Waals surface area contributed by atoms with Gasteiger partial charge in [-0.15, -0.1) is 0 Å². The van der Waals surface area contributed by atoms with Crippen LogP contribution in [-0.4, -0.2) is 83.1 Å². The molecule has 0 unspecified atom stereocenters. The second kappa shape index (κ2) is 7.79. The molecule has 1 aliphatic heterocycles. The van der Waals surface area contributed by atoms with E-state index in [0.29, 0.717) is 19.5 Å². The molecule has 0 bridgehead atoms. The van der Waals surface area contributed by atoms with Gasteiger partial charge in [-0.05, 0) is 20.3 Å². The van der Waals surface area contributed by atoms with E-state index >= 15 is 0 Å². The van der Waals surface area contributed by atoms with Crippen molar-refractivity contribution in [1.29, 1.82) is 0 Å². The molecule has 7 nitrogen and oxygen atoms in total. The smallest absolute Gasteiger partial charge is 0.236 e. The molecule has 0 aliphatic carbocycles. The van der Waals surface area contributed by atoms with Gasteiger partial charge in [-0.3, -0.25) is 19.2 Å². The number of amides is 2. The van der Waals surface area contributed by atoms with Gasteiger partial charge in [0.25, 0.3) is 0 Å². The lowest BCUT2D eigenvalue weighted by Crippen LogP contribution is -2.40. The van der Waals surface area contributed by atoms with Crippen molar-refractivity contribution in [2.75, 3.05) is 46.8 Å². The molecular weight excluding hydrogens is 306 g/mol. The maximum absolute atomic E-state index is 12.7. The third-order valence-electron chi connectivity index (χ3n) is 4.79. The summed E-state index contributed by atoms with van der Waals surface area (Å²) in [6.45, 7) is 7.41. The summed E-state index contributed by atoms with van der Waals surface area (Å²) in [6, 6.07) is 0. The largest absolute Gasteiger partial charge is 0.348 e. The maximum Gasteiger partial charge on any atom is 0.236 e. The highest BCUT2D eigenvalue weighted by Crippen LogP contribution is 2.14. The standard InChI is InChI=1S/C17H29N5O2/c1-13-15(14(2)20(5)18-13)11-16(23)22-8-6-7-21(9-10-22)12-17(24)19(3)4/h6-12H2,1-5H3. The maximum atomic E-state index is 12.7. The Kier molecular flexibility index (Phi) is 5.99. The average Bonchev–Trinajstić information content (AvgIpc) is 2.72. The van der Waals surface area contributed by atoms with Gasteiger partial charge in [0.05, 0.1) is 18.7 Å². The highest BCUT2D eigenvalue weighted by molar-refractivity contribution is 5.79. The van der Waals surface area contributed by atoms with Crippen LogP contribution >= 0.6 is 0 Å². The van der Waals surface area contributed by atoms with Crippen LogP contribution in [-0.2, 0) is 23.1 Å². The first-order valence-electron chi connectivity index (χ1n) is 8.49. The lowest BCUT2D eigenvalue weighted by molar-refractivity contribution is -0.130. The van der Waals surface area contributed by atoms with Gasteiger partial charge in [-0.1, -0.05) is 0 Å². The van der Waals surface area contributed by atoms with Crippen LogP contribution in [0.1, 0.15) is 23.4 Å². The van der Waals surface area contributed by atoms with Crippen LogP contribution in [0, 0.1) is 13.8 Å². The van der Waals surface area contributed by atoms with Gasteiger partial charge in [-0.25, -0.2) is 0 Å². The molecule has 7 heteroatoms. The van der Waals surface area contributed by atoms with Crippen LogP contribution in [0.5, 0.6) is 0 Å². The van der Waals surface area contributed by atoms with Gasteiger partial charge in [0.15, 0.2) is 0 Å². The van der Waals surface area contributed by atoms with Crippen molar-refractivity contribution in [1.82, 2.24) is 24.5 Å². The molecule has 2 amide bonds. The summed E-state index contributed by atoms with van der Waals surface area (Å²) in [6.07, 6.45) is 1.31. The number of nitrogens with zero attached hydrogens (tertiary/aromatic N) is 5. The minimum Gasteiger partial charge on any atom is -0.348 e. The van der Waals surface area contributed by atoms with Crippen LogP contribution in [0.2, 0.25) is 0 Å². The Balaban J connectivity index is 1.93. The Morgan fingerprint density at radius 3 is 2.42 bits per heavy atom. The van der Waals surface area contributed by atoms with E-state index in [1.54, 1.807) is 19.0 Å². The molecule has 0 radical (unpaired) electrons. The second-order valence-electron chi connectivity index (χ2n) is 6.75. The van der Waals surface area contributed by atoms with E-state index in [-0.39, 0.29) is 11.8 Å². The average molecular weight is 335 g/mol. The zero-order valence-electron chi connectivity index (χ0n) is 15.5. The quantitative estimate of drug-likeness (QED) is 0.789. The Bertz CT molecular complexity index is 608. The van der Waals surface area contributed by atoms with Crippen molar-refractivity contribution in [3.05, 3.63) is 17.0 Å². The zero-order valence-corrected chi connectivity index (χ0v) is 15.5. The van der Waals surface area contributed by atoms with E-state index in [2.05, 4.69) is 10.00 Å². The molecule has 1 fully saturated rings. The molecule has 24 heavy (non-hydrogen) atoms. The number of aromatic nitrogens is 2. The van der Waals surface area contributed by atoms with Crippen LogP contribution in [0.4, 0.5) is 0 Å². The minimum absolute atomic E-state index is 0.108. The molecule has 0 N–H and O–H groups in total. The Hall–Kier alpha value is -1.89. The lowest BCUT2D eigenvalue weighted by atomic mass is 10.1. The first-order valence-corrected chi connectivity index (χ1v) is 8.49. The summed E-state index contributed by atoms with van der Waals surface area (Å²) in [5.41, 5.74) is 3.01. The van der Waals surface area contributed by atoms with E-state index in [4.69, 9.17) is 0 Å². The molecule has 1 saturated heterocycles. The number of hydrogen-bond acceptors (Lipinski definition) is 4. The first-order chi connectivity index (χ1) is 11.3. The number of hydrogen-bond donors (Lipinski definition) is 0. The predicted molar refractivity (Wildman–Crippen MR) is 92.7 cm³/mol.